The normalized spacial score (nSPS) is 10.6. The second kappa shape index (κ2) is 6.58. The van der Waals surface area contributed by atoms with Gasteiger partial charge >= 0.3 is 0 Å². The second-order valence-corrected chi connectivity index (χ2v) is 5.64. The molecule has 0 radical (unpaired) electrons. The van der Waals surface area contributed by atoms with Crippen LogP contribution < -0.4 is 10.6 Å². The first-order chi connectivity index (χ1) is 11.6. The van der Waals surface area contributed by atoms with E-state index in [1.165, 1.54) is 0 Å². The molecule has 5 heteroatoms. The van der Waals surface area contributed by atoms with Crippen molar-refractivity contribution in [2.75, 3.05) is 12.4 Å². The zero-order valence-electron chi connectivity index (χ0n) is 13.7. The quantitative estimate of drug-likeness (QED) is 0.776. The average Bonchev–Trinajstić information content (AvgIpc) is 2.90. The van der Waals surface area contributed by atoms with Gasteiger partial charge in [0.2, 0.25) is 5.91 Å². The van der Waals surface area contributed by atoms with E-state index in [2.05, 4.69) is 16.7 Å². The molecule has 0 aliphatic rings. The fraction of sp³-hybridized carbons (Fsp3) is 0.158. The number of amides is 2. The number of nitrogens with zero attached hydrogens (tertiary/aromatic N) is 1. The van der Waals surface area contributed by atoms with Crippen molar-refractivity contribution in [3.8, 4) is 0 Å². The molecule has 5 nitrogen and oxygen atoms in total. The van der Waals surface area contributed by atoms with Crippen molar-refractivity contribution in [1.29, 1.82) is 0 Å². The topological polar surface area (TPSA) is 63.1 Å². The van der Waals surface area contributed by atoms with E-state index in [1.54, 1.807) is 31.3 Å². The van der Waals surface area contributed by atoms with Crippen LogP contribution in [0.3, 0.4) is 0 Å². The molecule has 2 N–H and O–H groups in total. The fourth-order valence-electron chi connectivity index (χ4n) is 2.78. The van der Waals surface area contributed by atoms with Gasteiger partial charge in [-0.25, -0.2) is 0 Å². The SMILES string of the molecule is CNC(=O)c1cccc(NC(=O)Cn2c(C)cc3ccccc32)c1. The van der Waals surface area contributed by atoms with Gasteiger partial charge in [0.25, 0.3) is 5.91 Å². The van der Waals surface area contributed by atoms with E-state index in [1.807, 2.05) is 35.8 Å². The summed E-state index contributed by atoms with van der Waals surface area (Å²) in [6.45, 7) is 2.21. The maximum Gasteiger partial charge on any atom is 0.251 e. The Morgan fingerprint density at radius 3 is 2.62 bits per heavy atom. The summed E-state index contributed by atoms with van der Waals surface area (Å²) in [6, 6.07) is 16.9. The molecule has 0 aliphatic heterocycles. The molecule has 0 aliphatic carbocycles. The highest BCUT2D eigenvalue weighted by molar-refractivity contribution is 5.97. The Labute approximate surface area is 140 Å². The highest BCUT2D eigenvalue weighted by atomic mass is 16.2. The van der Waals surface area contributed by atoms with E-state index in [4.69, 9.17) is 0 Å². The summed E-state index contributed by atoms with van der Waals surface area (Å²) >= 11 is 0. The summed E-state index contributed by atoms with van der Waals surface area (Å²) in [6.07, 6.45) is 0. The highest BCUT2D eigenvalue weighted by Crippen LogP contribution is 2.19. The molecule has 1 heterocycles. The van der Waals surface area contributed by atoms with Gasteiger partial charge in [-0.3, -0.25) is 9.59 Å². The Morgan fingerprint density at radius 1 is 1.04 bits per heavy atom. The van der Waals surface area contributed by atoms with Crippen molar-refractivity contribution in [2.45, 2.75) is 13.5 Å². The van der Waals surface area contributed by atoms with Crippen LogP contribution in [-0.4, -0.2) is 23.4 Å². The van der Waals surface area contributed by atoms with Gasteiger partial charge in [-0.15, -0.1) is 0 Å². The minimum atomic E-state index is -0.182. The van der Waals surface area contributed by atoms with E-state index in [9.17, 15) is 9.59 Å². The molecule has 0 bridgehead atoms. The smallest absolute Gasteiger partial charge is 0.251 e. The molecule has 2 amide bonds. The Balaban J connectivity index is 1.78. The number of fused-ring (bicyclic) bond motifs is 1. The predicted molar refractivity (Wildman–Crippen MR) is 95.1 cm³/mol. The number of rotatable bonds is 4. The van der Waals surface area contributed by atoms with Crippen molar-refractivity contribution in [3.05, 3.63) is 65.9 Å². The summed E-state index contributed by atoms with van der Waals surface area (Å²) in [5.74, 6) is -0.313. The Hall–Kier alpha value is -3.08. The standard InChI is InChI=1S/C19H19N3O2/c1-13-10-14-6-3-4-9-17(14)22(13)12-18(23)21-16-8-5-7-15(11-16)19(24)20-2/h3-11H,12H2,1-2H3,(H,20,24)(H,21,23). The Kier molecular flexibility index (Phi) is 4.33. The summed E-state index contributed by atoms with van der Waals surface area (Å²) < 4.78 is 1.98. The van der Waals surface area contributed by atoms with Crippen LogP contribution in [0.5, 0.6) is 0 Å². The molecule has 1 aromatic heterocycles. The van der Waals surface area contributed by atoms with Gasteiger partial charge in [0.05, 0.1) is 0 Å². The van der Waals surface area contributed by atoms with Crippen LogP contribution in [0.15, 0.2) is 54.6 Å². The number of carbonyl (C=O) groups excluding carboxylic acids is 2. The van der Waals surface area contributed by atoms with Crippen molar-refractivity contribution >= 4 is 28.4 Å². The van der Waals surface area contributed by atoms with Gasteiger partial charge in [0.1, 0.15) is 6.54 Å². The van der Waals surface area contributed by atoms with Gasteiger partial charge in [0.15, 0.2) is 0 Å². The van der Waals surface area contributed by atoms with Crippen LogP contribution in [0.1, 0.15) is 16.1 Å². The molecule has 3 rings (SSSR count). The van der Waals surface area contributed by atoms with Crippen molar-refractivity contribution in [3.63, 3.8) is 0 Å². The van der Waals surface area contributed by atoms with Crippen LogP contribution in [-0.2, 0) is 11.3 Å². The summed E-state index contributed by atoms with van der Waals surface area (Å²) in [4.78, 5) is 24.1. The van der Waals surface area contributed by atoms with Crippen molar-refractivity contribution in [1.82, 2.24) is 9.88 Å². The number of aromatic nitrogens is 1. The number of nitrogens with one attached hydrogen (secondary N) is 2. The molecule has 0 atom stereocenters. The molecule has 0 spiro atoms. The number of anilines is 1. The number of carbonyl (C=O) groups is 2. The zero-order chi connectivity index (χ0) is 17.1. The molecule has 122 valence electrons. The van der Waals surface area contributed by atoms with Crippen LogP contribution >= 0.6 is 0 Å². The molecular weight excluding hydrogens is 302 g/mol. The van der Waals surface area contributed by atoms with Crippen LogP contribution in [0.2, 0.25) is 0 Å². The molecule has 0 fully saturated rings. The van der Waals surface area contributed by atoms with Crippen LogP contribution in [0.4, 0.5) is 5.69 Å². The molecule has 0 saturated heterocycles. The third-order valence-corrected chi connectivity index (χ3v) is 3.95. The lowest BCUT2D eigenvalue weighted by Gasteiger charge is -2.10. The van der Waals surface area contributed by atoms with Gasteiger partial charge in [-0.2, -0.15) is 0 Å². The number of para-hydroxylation sites is 1. The first-order valence-corrected chi connectivity index (χ1v) is 7.75. The fourth-order valence-corrected chi connectivity index (χ4v) is 2.78. The maximum atomic E-state index is 12.4. The van der Waals surface area contributed by atoms with E-state index < -0.39 is 0 Å². The lowest BCUT2D eigenvalue weighted by Crippen LogP contribution is -2.20. The number of hydrogen-bond acceptors (Lipinski definition) is 2. The summed E-state index contributed by atoms with van der Waals surface area (Å²) in [5.41, 5.74) is 3.18. The summed E-state index contributed by atoms with van der Waals surface area (Å²) in [7, 11) is 1.58. The predicted octanol–water partition coefficient (Wildman–Crippen LogP) is 2.95. The monoisotopic (exact) mass is 321 g/mol. The summed E-state index contributed by atoms with van der Waals surface area (Å²) in [5, 5.41) is 6.54. The van der Waals surface area contributed by atoms with Gasteiger partial charge in [-0.05, 0) is 42.6 Å². The van der Waals surface area contributed by atoms with E-state index in [0.717, 1.165) is 16.6 Å². The van der Waals surface area contributed by atoms with Gasteiger partial charge in [0, 0.05) is 29.5 Å². The molecule has 2 aromatic carbocycles. The molecule has 3 aromatic rings. The molecule has 0 saturated carbocycles. The van der Waals surface area contributed by atoms with Crippen LogP contribution in [0.25, 0.3) is 10.9 Å². The zero-order valence-corrected chi connectivity index (χ0v) is 13.7. The number of hydrogen-bond donors (Lipinski definition) is 2. The minimum Gasteiger partial charge on any atom is -0.355 e. The average molecular weight is 321 g/mol. The molecule has 24 heavy (non-hydrogen) atoms. The largest absolute Gasteiger partial charge is 0.355 e. The first kappa shape index (κ1) is 15.8. The molecule has 0 unspecified atom stereocenters. The highest BCUT2D eigenvalue weighted by Gasteiger charge is 2.10. The van der Waals surface area contributed by atoms with Crippen LogP contribution in [0, 0.1) is 6.92 Å². The lowest BCUT2D eigenvalue weighted by atomic mass is 10.2. The number of aryl methyl sites for hydroxylation is 1. The first-order valence-electron chi connectivity index (χ1n) is 7.75. The minimum absolute atomic E-state index is 0.131. The Morgan fingerprint density at radius 2 is 1.83 bits per heavy atom. The van der Waals surface area contributed by atoms with E-state index in [-0.39, 0.29) is 18.4 Å². The lowest BCUT2D eigenvalue weighted by molar-refractivity contribution is -0.116. The number of benzene rings is 2. The third-order valence-electron chi connectivity index (χ3n) is 3.95. The van der Waals surface area contributed by atoms with Crippen molar-refractivity contribution in [2.24, 2.45) is 0 Å². The van der Waals surface area contributed by atoms with Crippen molar-refractivity contribution < 1.29 is 9.59 Å². The van der Waals surface area contributed by atoms with Gasteiger partial charge in [-0.1, -0.05) is 24.3 Å². The maximum absolute atomic E-state index is 12.4. The second-order valence-electron chi connectivity index (χ2n) is 5.64. The van der Waals surface area contributed by atoms with E-state index >= 15 is 0 Å². The third kappa shape index (κ3) is 3.15. The van der Waals surface area contributed by atoms with Gasteiger partial charge < -0.3 is 15.2 Å². The van der Waals surface area contributed by atoms with E-state index in [0.29, 0.717) is 11.3 Å². The Bertz CT molecular complexity index is 912. The molecular formula is C19H19N3O2.